The fourth-order valence-electron chi connectivity index (χ4n) is 10.5. The summed E-state index contributed by atoms with van der Waals surface area (Å²) in [6.45, 7) is 4.77. The van der Waals surface area contributed by atoms with Gasteiger partial charge in [-0.2, -0.15) is 0 Å². The molecular weight excluding hydrogens is 763 g/mol. The van der Waals surface area contributed by atoms with Gasteiger partial charge >= 0.3 is 0 Å². The minimum atomic E-state index is -2.02. The predicted molar refractivity (Wildman–Crippen MR) is 267 cm³/mol. The van der Waals surface area contributed by atoms with Crippen LogP contribution >= 0.6 is 0 Å². The minimum Gasteiger partial charge on any atom is -0.310 e. The quantitative estimate of drug-likeness (QED) is 0.138. The molecule has 0 aliphatic heterocycles. The number of anilines is 2. The molecule has 2 heteroatoms. The predicted octanol–water partition coefficient (Wildman–Crippen LogP) is 13.0. The number of hydrogen-bond acceptors (Lipinski definition) is 1. The van der Waals surface area contributed by atoms with Gasteiger partial charge in [-0.15, -0.1) is 0 Å². The summed E-state index contributed by atoms with van der Waals surface area (Å²) in [5.74, 6) is 0. The van der Waals surface area contributed by atoms with Gasteiger partial charge in [0, 0.05) is 22.4 Å². The summed E-state index contributed by atoms with van der Waals surface area (Å²) >= 11 is 0. The molecule has 8 aromatic carbocycles. The van der Waals surface area contributed by atoms with Crippen molar-refractivity contribution in [2.45, 2.75) is 37.6 Å². The number of fused-ring (bicyclic) bond motifs is 5. The smallest absolute Gasteiger partial charge is 0.110 e. The second-order valence-corrected chi connectivity index (χ2v) is 20.7. The zero-order valence-electron chi connectivity index (χ0n) is 35.4. The van der Waals surface area contributed by atoms with Crippen LogP contribution in [0.1, 0.15) is 43.4 Å². The molecule has 0 saturated carbocycles. The highest BCUT2D eigenvalue weighted by Crippen LogP contribution is 2.51. The lowest BCUT2D eigenvalue weighted by atomic mass is 9.82. The summed E-state index contributed by atoms with van der Waals surface area (Å²) in [6, 6.07) is 72.5. The molecule has 3 aliphatic rings. The van der Waals surface area contributed by atoms with E-state index in [1.807, 2.05) is 0 Å². The topological polar surface area (TPSA) is 3.24 Å². The van der Waals surface area contributed by atoms with Crippen LogP contribution in [-0.2, 0) is 5.41 Å². The van der Waals surface area contributed by atoms with Crippen molar-refractivity contribution in [1.82, 2.24) is 0 Å². The van der Waals surface area contributed by atoms with Crippen LogP contribution in [0.25, 0.3) is 50.8 Å². The Morgan fingerprint density at radius 3 is 1.97 bits per heavy atom. The second-order valence-electron chi connectivity index (χ2n) is 17.6. The van der Waals surface area contributed by atoms with E-state index in [0.29, 0.717) is 5.54 Å². The maximum absolute atomic E-state index is 2.61. The van der Waals surface area contributed by atoms with Gasteiger partial charge in [0.25, 0.3) is 0 Å². The summed E-state index contributed by atoms with van der Waals surface area (Å²) in [5, 5.41) is 8.27. The van der Waals surface area contributed by atoms with Crippen LogP contribution in [0.15, 0.2) is 223 Å². The molecular formula is C60H49NSi. The third-order valence-corrected chi connectivity index (χ3v) is 17.1. The molecule has 62 heavy (non-hydrogen) atoms. The van der Waals surface area contributed by atoms with Gasteiger partial charge in [-0.25, -0.2) is 0 Å². The molecule has 0 bridgehead atoms. The molecule has 11 rings (SSSR count). The second kappa shape index (κ2) is 15.8. The molecule has 2 unspecified atom stereocenters. The molecule has 298 valence electrons. The fraction of sp³-hybridized carbons (Fsp3) is 0.100. The summed E-state index contributed by atoms with van der Waals surface area (Å²) in [7, 11) is -2.02. The Balaban J connectivity index is 1.17. The van der Waals surface area contributed by atoms with Crippen molar-refractivity contribution >= 4 is 53.9 Å². The lowest BCUT2D eigenvalue weighted by molar-refractivity contribution is 0.660. The molecule has 8 aromatic rings. The highest BCUT2D eigenvalue weighted by atomic mass is 28.3. The zero-order chi connectivity index (χ0) is 41.6. The van der Waals surface area contributed by atoms with Gasteiger partial charge in [0.2, 0.25) is 0 Å². The van der Waals surface area contributed by atoms with E-state index in [1.165, 1.54) is 87.5 Å². The summed E-state index contributed by atoms with van der Waals surface area (Å²) < 4.78 is 0. The Morgan fingerprint density at radius 1 is 0.516 bits per heavy atom. The Kier molecular flexibility index (Phi) is 9.67. The Bertz CT molecular complexity index is 3210. The summed E-state index contributed by atoms with van der Waals surface area (Å²) in [5.41, 5.74) is 14.2. The van der Waals surface area contributed by atoms with Crippen molar-refractivity contribution in [3.05, 3.63) is 250 Å². The van der Waals surface area contributed by atoms with Crippen molar-refractivity contribution in [3.8, 4) is 22.3 Å². The molecule has 0 radical (unpaired) electrons. The van der Waals surface area contributed by atoms with E-state index in [1.54, 1.807) is 0 Å². The number of nitrogens with zero attached hydrogens (tertiary/aromatic N) is 1. The molecule has 1 nitrogen and oxygen atoms in total. The molecule has 3 aliphatic carbocycles. The number of hydrogen-bond donors (Lipinski definition) is 0. The molecule has 0 aromatic heterocycles. The first-order chi connectivity index (χ1) is 30.5. The van der Waals surface area contributed by atoms with Crippen LogP contribution in [0.2, 0.25) is 5.54 Å². The van der Waals surface area contributed by atoms with Crippen LogP contribution in [0, 0.1) is 0 Å². The molecule has 0 amide bonds. The van der Waals surface area contributed by atoms with E-state index in [9.17, 15) is 0 Å². The van der Waals surface area contributed by atoms with E-state index in [4.69, 9.17) is 0 Å². The van der Waals surface area contributed by atoms with Gasteiger partial charge < -0.3 is 4.90 Å². The Hall–Kier alpha value is -7.00. The average Bonchev–Trinajstić information content (AvgIpc) is 3.41. The molecule has 0 heterocycles. The number of allylic oxidation sites excluding steroid dienone is 5. The SMILES string of the molecule is CC1(C)c2ccccc2-c2ccc(N(C3=C(c4ccccc4)C([SiH](c4ccc5ccccc5c4)C4C=c5ccccc5=CC4)=CCC=C3)c3ccc(-c4ccccc4)cc3)cc21. The summed E-state index contributed by atoms with van der Waals surface area (Å²) in [6.07, 6.45) is 14.4. The third-order valence-electron chi connectivity index (χ3n) is 13.6. The highest BCUT2D eigenvalue weighted by molar-refractivity contribution is 6.84. The molecule has 0 saturated heterocycles. The Morgan fingerprint density at radius 2 is 1.16 bits per heavy atom. The van der Waals surface area contributed by atoms with Gasteiger partial charge in [0.05, 0.1) is 5.70 Å². The van der Waals surface area contributed by atoms with Crippen LogP contribution in [0.4, 0.5) is 11.4 Å². The molecule has 2 atom stereocenters. The monoisotopic (exact) mass is 811 g/mol. The number of rotatable bonds is 8. The van der Waals surface area contributed by atoms with Crippen LogP contribution in [0.5, 0.6) is 0 Å². The number of benzene rings is 8. The van der Waals surface area contributed by atoms with Crippen LogP contribution in [0.3, 0.4) is 0 Å². The van der Waals surface area contributed by atoms with Crippen molar-refractivity contribution in [2.75, 3.05) is 4.90 Å². The van der Waals surface area contributed by atoms with E-state index in [-0.39, 0.29) is 5.41 Å². The van der Waals surface area contributed by atoms with Gasteiger partial charge in [-0.05, 0) is 109 Å². The van der Waals surface area contributed by atoms with E-state index < -0.39 is 8.80 Å². The fourth-order valence-corrected chi connectivity index (χ4v) is 14.3. The third kappa shape index (κ3) is 6.72. The van der Waals surface area contributed by atoms with Crippen molar-refractivity contribution in [2.24, 2.45) is 0 Å². The standard InChI is InChI=1S/C60H49NSi/c1-60(2)55-26-14-13-25-53(55)54-38-35-50(41-56(54)60)61(49-33-29-45(30-34-49)42-17-5-3-6-18-42)57-27-15-16-28-58(59(57)46-21-7-4-8-22-46)62(51-36-31-43-19-9-11-23-47(43)39-51)52-37-32-44-20-10-12-24-48(44)40-52/h3-15,17-36,38-41,52,62H,16,37H2,1-2H3. The van der Waals surface area contributed by atoms with Crippen molar-refractivity contribution in [1.29, 1.82) is 0 Å². The first-order valence-corrected chi connectivity index (χ1v) is 24.0. The van der Waals surface area contributed by atoms with Crippen molar-refractivity contribution in [3.63, 3.8) is 0 Å². The Labute approximate surface area is 367 Å². The minimum absolute atomic E-state index is 0.135. The van der Waals surface area contributed by atoms with Gasteiger partial charge in [0.15, 0.2) is 0 Å². The first-order valence-electron chi connectivity index (χ1n) is 22.1. The van der Waals surface area contributed by atoms with Gasteiger partial charge in [-0.1, -0.05) is 218 Å². The van der Waals surface area contributed by atoms with E-state index in [2.05, 4.69) is 243 Å². The van der Waals surface area contributed by atoms with Crippen LogP contribution < -0.4 is 20.5 Å². The molecule has 0 N–H and O–H groups in total. The maximum atomic E-state index is 2.61. The van der Waals surface area contributed by atoms with Gasteiger partial charge in [-0.3, -0.25) is 0 Å². The average molecular weight is 812 g/mol. The zero-order valence-corrected chi connectivity index (χ0v) is 36.5. The van der Waals surface area contributed by atoms with E-state index >= 15 is 0 Å². The largest absolute Gasteiger partial charge is 0.310 e. The maximum Gasteiger partial charge on any atom is 0.110 e. The summed E-state index contributed by atoms with van der Waals surface area (Å²) in [4.78, 5) is 2.56. The first kappa shape index (κ1) is 38.0. The lowest BCUT2D eigenvalue weighted by Gasteiger charge is -2.34. The van der Waals surface area contributed by atoms with E-state index in [0.717, 1.165) is 18.5 Å². The normalized spacial score (nSPS) is 16.5. The van der Waals surface area contributed by atoms with Crippen LogP contribution in [-0.4, -0.2) is 8.80 Å². The van der Waals surface area contributed by atoms with Crippen molar-refractivity contribution < 1.29 is 0 Å². The molecule has 0 spiro atoms. The lowest BCUT2D eigenvalue weighted by Crippen LogP contribution is -2.41. The highest BCUT2D eigenvalue weighted by Gasteiger charge is 2.37. The molecule has 0 fully saturated rings. The van der Waals surface area contributed by atoms with Gasteiger partial charge in [0.1, 0.15) is 8.80 Å².